The van der Waals surface area contributed by atoms with Gasteiger partial charge in [-0.3, -0.25) is 9.59 Å². The second-order valence-electron chi connectivity index (χ2n) is 5.52. The fourth-order valence-electron chi connectivity index (χ4n) is 2.05. The van der Waals surface area contributed by atoms with Crippen LogP contribution in [0, 0.1) is 19.7 Å². The number of carbonyl (C=O) groups excluding carboxylic acids is 2. The van der Waals surface area contributed by atoms with Crippen LogP contribution in [0.4, 0.5) is 10.1 Å². The number of amides is 2. The largest absolute Gasteiger partial charge is 0.341 e. The van der Waals surface area contributed by atoms with Crippen LogP contribution in [0.15, 0.2) is 42.5 Å². The zero-order valence-corrected chi connectivity index (χ0v) is 13.3. The number of nitrogens with one attached hydrogen (secondary N) is 2. The van der Waals surface area contributed by atoms with Gasteiger partial charge in [0.25, 0.3) is 5.91 Å². The second kappa shape index (κ2) is 7.05. The number of hydrogen-bond acceptors (Lipinski definition) is 2. The highest BCUT2D eigenvalue weighted by atomic mass is 19.1. The number of rotatable bonds is 4. The number of benzene rings is 2. The summed E-state index contributed by atoms with van der Waals surface area (Å²) in [5.74, 6) is -1.13. The first kappa shape index (κ1) is 16.7. The normalized spacial score (nSPS) is 11.7. The smallest absolute Gasteiger partial charge is 0.251 e. The van der Waals surface area contributed by atoms with Crippen molar-refractivity contribution in [2.24, 2.45) is 0 Å². The Morgan fingerprint density at radius 2 is 1.83 bits per heavy atom. The third-order valence-corrected chi connectivity index (χ3v) is 3.46. The molecule has 23 heavy (non-hydrogen) atoms. The maximum atomic E-state index is 13.5. The van der Waals surface area contributed by atoms with E-state index >= 15 is 0 Å². The fraction of sp³-hybridized carbons (Fsp3) is 0.222. The SMILES string of the molecule is Cc1cccc(C(=O)N[C@@H](C)C(=O)Nc2ccc(C)c(F)c2)c1. The molecule has 2 rings (SSSR count). The van der Waals surface area contributed by atoms with E-state index in [0.29, 0.717) is 16.8 Å². The minimum Gasteiger partial charge on any atom is -0.341 e. The summed E-state index contributed by atoms with van der Waals surface area (Å²) in [6.45, 7) is 5.11. The minimum absolute atomic E-state index is 0.327. The van der Waals surface area contributed by atoms with Crippen LogP contribution in [0.1, 0.15) is 28.4 Å². The lowest BCUT2D eigenvalue weighted by Gasteiger charge is -2.14. The number of hydrogen-bond donors (Lipinski definition) is 2. The van der Waals surface area contributed by atoms with Gasteiger partial charge in [-0.1, -0.05) is 23.8 Å². The molecule has 1 atom stereocenters. The van der Waals surface area contributed by atoms with E-state index in [2.05, 4.69) is 10.6 Å². The summed E-state index contributed by atoms with van der Waals surface area (Å²) >= 11 is 0. The van der Waals surface area contributed by atoms with E-state index in [0.717, 1.165) is 5.56 Å². The van der Waals surface area contributed by atoms with Crippen LogP contribution in [0.3, 0.4) is 0 Å². The summed E-state index contributed by atoms with van der Waals surface area (Å²) in [5.41, 5.74) is 2.31. The van der Waals surface area contributed by atoms with Gasteiger partial charge in [0, 0.05) is 11.3 Å². The lowest BCUT2D eigenvalue weighted by atomic mass is 10.1. The standard InChI is InChI=1S/C18H19FN2O2/c1-11-5-4-6-14(9-11)18(23)20-13(3)17(22)21-15-8-7-12(2)16(19)10-15/h4-10,13H,1-3H3,(H,20,23)(H,21,22)/t13-/m0/s1. The molecule has 2 aromatic carbocycles. The first-order valence-corrected chi connectivity index (χ1v) is 7.31. The van der Waals surface area contributed by atoms with E-state index in [-0.39, 0.29) is 11.7 Å². The van der Waals surface area contributed by atoms with Crippen LogP contribution in [0.2, 0.25) is 0 Å². The zero-order chi connectivity index (χ0) is 17.0. The summed E-state index contributed by atoms with van der Waals surface area (Å²) in [5, 5.41) is 5.21. The molecule has 0 saturated heterocycles. The Labute approximate surface area is 134 Å². The van der Waals surface area contributed by atoms with Crippen molar-refractivity contribution >= 4 is 17.5 Å². The summed E-state index contributed by atoms with van der Waals surface area (Å²) < 4.78 is 13.5. The zero-order valence-electron chi connectivity index (χ0n) is 13.3. The van der Waals surface area contributed by atoms with Gasteiger partial charge in [-0.25, -0.2) is 4.39 Å². The molecule has 2 N–H and O–H groups in total. The van der Waals surface area contributed by atoms with E-state index in [1.54, 1.807) is 44.2 Å². The predicted octanol–water partition coefficient (Wildman–Crippen LogP) is 3.20. The Bertz CT molecular complexity index is 744. The molecule has 0 aliphatic carbocycles. The lowest BCUT2D eigenvalue weighted by Crippen LogP contribution is -2.41. The molecule has 0 fully saturated rings. The van der Waals surface area contributed by atoms with Gasteiger partial charge in [-0.15, -0.1) is 0 Å². The molecule has 0 unspecified atom stereocenters. The minimum atomic E-state index is -0.743. The molecule has 0 spiro atoms. The monoisotopic (exact) mass is 314 g/mol. The van der Waals surface area contributed by atoms with E-state index in [9.17, 15) is 14.0 Å². The Balaban J connectivity index is 1.99. The van der Waals surface area contributed by atoms with E-state index in [4.69, 9.17) is 0 Å². The number of anilines is 1. The Kier molecular flexibility index (Phi) is 5.11. The second-order valence-corrected chi connectivity index (χ2v) is 5.52. The lowest BCUT2D eigenvalue weighted by molar-refractivity contribution is -0.117. The summed E-state index contributed by atoms with van der Waals surface area (Å²) in [6, 6.07) is 10.8. The van der Waals surface area contributed by atoms with Gasteiger partial charge in [0.1, 0.15) is 11.9 Å². The highest BCUT2D eigenvalue weighted by Gasteiger charge is 2.17. The molecule has 2 amide bonds. The third kappa shape index (κ3) is 4.39. The van der Waals surface area contributed by atoms with Gasteiger partial charge in [0.15, 0.2) is 0 Å². The van der Waals surface area contributed by atoms with Crippen molar-refractivity contribution in [2.75, 3.05) is 5.32 Å². The summed E-state index contributed by atoms with van der Waals surface area (Å²) in [4.78, 5) is 24.2. The number of carbonyl (C=O) groups is 2. The van der Waals surface area contributed by atoms with Crippen LogP contribution < -0.4 is 10.6 Å². The number of halogens is 1. The van der Waals surface area contributed by atoms with Gasteiger partial charge in [0.2, 0.25) is 5.91 Å². The topological polar surface area (TPSA) is 58.2 Å². The van der Waals surface area contributed by atoms with Crippen molar-refractivity contribution in [3.63, 3.8) is 0 Å². The van der Waals surface area contributed by atoms with E-state index in [1.807, 2.05) is 13.0 Å². The average Bonchev–Trinajstić information content (AvgIpc) is 2.50. The molecule has 0 saturated carbocycles. The molecule has 2 aromatic rings. The Morgan fingerprint density at radius 1 is 1.09 bits per heavy atom. The van der Waals surface area contributed by atoms with Gasteiger partial charge in [0.05, 0.1) is 0 Å². The van der Waals surface area contributed by atoms with Crippen LogP contribution in [-0.4, -0.2) is 17.9 Å². The van der Waals surface area contributed by atoms with Crippen molar-refractivity contribution in [3.05, 3.63) is 65.0 Å². The molecule has 5 heteroatoms. The quantitative estimate of drug-likeness (QED) is 0.910. The molecular weight excluding hydrogens is 295 g/mol. The van der Waals surface area contributed by atoms with Gasteiger partial charge in [-0.05, 0) is 50.6 Å². The fourth-order valence-corrected chi connectivity index (χ4v) is 2.05. The van der Waals surface area contributed by atoms with Crippen molar-refractivity contribution in [2.45, 2.75) is 26.8 Å². The molecule has 0 bridgehead atoms. The third-order valence-electron chi connectivity index (χ3n) is 3.46. The Hall–Kier alpha value is -2.69. The summed E-state index contributed by atoms with van der Waals surface area (Å²) in [7, 11) is 0. The highest BCUT2D eigenvalue weighted by Crippen LogP contribution is 2.14. The predicted molar refractivity (Wildman–Crippen MR) is 87.9 cm³/mol. The number of aryl methyl sites for hydroxylation is 2. The van der Waals surface area contributed by atoms with E-state index in [1.165, 1.54) is 6.07 Å². The first-order chi connectivity index (χ1) is 10.9. The van der Waals surface area contributed by atoms with Crippen LogP contribution in [-0.2, 0) is 4.79 Å². The summed E-state index contributed by atoms with van der Waals surface area (Å²) in [6.07, 6.45) is 0. The maximum Gasteiger partial charge on any atom is 0.251 e. The molecule has 0 aliphatic heterocycles. The molecule has 0 radical (unpaired) electrons. The Morgan fingerprint density at radius 3 is 2.48 bits per heavy atom. The van der Waals surface area contributed by atoms with Crippen LogP contribution >= 0.6 is 0 Å². The molecule has 4 nitrogen and oxygen atoms in total. The van der Waals surface area contributed by atoms with Crippen LogP contribution in [0.5, 0.6) is 0 Å². The first-order valence-electron chi connectivity index (χ1n) is 7.31. The average molecular weight is 314 g/mol. The highest BCUT2D eigenvalue weighted by molar-refractivity contribution is 6.01. The van der Waals surface area contributed by atoms with Gasteiger partial charge < -0.3 is 10.6 Å². The van der Waals surface area contributed by atoms with Crippen molar-refractivity contribution < 1.29 is 14.0 Å². The molecule has 0 heterocycles. The molecular formula is C18H19FN2O2. The van der Waals surface area contributed by atoms with Gasteiger partial charge in [-0.2, -0.15) is 0 Å². The van der Waals surface area contributed by atoms with Crippen molar-refractivity contribution in [1.82, 2.24) is 5.32 Å². The molecule has 120 valence electrons. The van der Waals surface area contributed by atoms with Gasteiger partial charge >= 0.3 is 0 Å². The maximum absolute atomic E-state index is 13.5. The molecule has 0 aromatic heterocycles. The van der Waals surface area contributed by atoms with Crippen molar-refractivity contribution in [3.8, 4) is 0 Å². The molecule has 0 aliphatic rings. The van der Waals surface area contributed by atoms with Crippen LogP contribution in [0.25, 0.3) is 0 Å². The van der Waals surface area contributed by atoms with Crippen molar-refractivity contribution in [1.29, 1.82) is 0 Å². The van der Waals surface area contributed by atoms with E-state index < -0.39 is 11.9 Å².